The number of halogens is 1. The summed E-state index contributed by atoms with van der Waals surface area (Å²) in [6.45, 7) is 1.27. The highest BCUT2D eigenvalue weighted by molar-refractivity contribution is 6.30. The van der Waals surface area contributed by atoms with Gasteiger partial charge in [0.1, 0.15) is 0 Å². The monoisotopic (exact) mass is 340 g/mol. The van der Waals surface area contributed by atoms with Crippen LogP contribution in [0.25, 0.3) is 11.3 Å². The second-order valence-electron chi connectivity index (χ2n) is 5.50. The molecule has 0 bridgehead atoms. The summed E-state index contributed by atoms with van der Waals surface area (Å²) in [7, 11) is 0. The molecule has 24 heavy (non-hydrogen) atoms. The molecule has 120 valence electrons. The Hall–Kier alpha value is -2.80. The molecule has 3 aromatic heterocycles. The van der Waals surface area contributed by atoms with Crippen molar-refractivity contribution in [2.24, 2.45) is 0 Å². The number of hydrogen-bond donors (Lipinski definition) is 0. The predicted molar refractivity (Wildman–Crippen MR) is 90.0 cm³/mol. The van der Waals surface area contributed by atoms with Crippen molar-refractivity contribution in [3.05, 3.63) is 64.4 Å². The average Bonchev–Trinajstić information content (AvgIpc) is 2.58. The molecule has 1 aliphatic heterocycles. The second kappa shape index (κ2) is 6.01. The van der Waals surface area contributed by atoms with E-state index in [1.54, 1.807) is 36.9 Å². The minimum absolute atomic E-state index is 0.00133. The van der Waals surface area contributed by atoms with E-state index in [1.807, 2.05) is 17.0 Å². The van der Waals surface area contributed by atoms with Crippen LogP contribution in [-0.4, -0.2) is 37.8 Å². The van der Waals surface area contributed by atoms with E-state index in [2.05, 4.69) is 20.1 Å². The molecule has 0 N–H and O–H groups in total. The highest BCUT2D eigenvalue weighted by Gasteiger charge is 2.31. The lowest BCUT2D eigenvalue weighted by molar-refractivity contribution is 0.350. The van der Waals surface area contributed by atoms with E-state index in [1.165, 1.54) is 4.68 Å². The molecule has 3 aromatic rings. The van der Waals surface area contributed by atoms with Gasteiger partial charge < -0.3 is 4.90 Å². The lowest BCUT2D eigenvalue weighted by Gasteiger charge is -2.39. The molecule has 4 rings (SSSR count). The lowest BCUT2D eigenvalue weighted by atomic mass is 10.1. The standard InChI is InChI=1S/C16H13ClN6O/c17-12-7-19-16(20-8-12)22-9-13(10-22)23-15(24)2-1-14(21-23)11-3-5-18-6-4-11/h1-8,13H,9-10H2. The molecule has 0 spiro atoms. The van der Waals surface area contributed by atoms with Crippen LogP contribution in [0.1, 0.15) is 6.04 Å². The van der Waals surface area contributed by atoms with Crippen LogP contribution in [0.3, 0.4) is 0 Å². The highest BCUT2D eigenvalue weighted by Crippen LogP contribution is 2.24. The fourth-order valence-electron chi connectivity index (χ4n) is 2.61. The molecule has 1 saturated heterocycles. The SMILES string of the molecule is O=c1ccc(-c2ccncc2)nn1C1CN(c2ncc(Cl)cn2)C1. The number of pyridine rings is 1. The molecule has 0 saturated carbocycles. The number of nitrogens with zero attached hydrogens (tertiary/aromatic N) is 6. The summed E-state index contributed by atoms with van der Waals surface area (Å²) in [5.74, 6) is 0.606. The first-order valence-electron chi connectivity index (χ1n) is 7.43. The Balaban J connectivity index is 1.55. The van der Waals surface area contributed by atoms with Crippen molar-refractivity contribution in [2.45, 2.75) is 6.04 Å². The van der Waals surface area contributed by atoms with Gasteiger partial charge in [-0.2, -0.15) is 5.10 Å². The van der Waals surface area contributed by atoms with Gasteiger partial charge >= 0.3 is 0 Å². The van der Waals surface area contributed by atoms with E-state index < -0.39 is 0 Å². The van der Waals surface area contributed by atoms with Gasteiger partial charge in [0.15, 0.2) is 0 Å². The Labute approximate surface area is 142 Å². The van der Waals surface area contributed by atoms with Crippen LogP contribution in [0.15, 0.2) is 53.8 Å². The third-order valence-corrected chi connectivity index (χ3v) is 4.09. The molecular formula is C16H13ClN6O. The van der Waals surface area contributed by atoms with Crippen LogP contribution in [-0.2, 0) is 0 Å². The van der Waals surface area contributed by atoms with Crippen LogP contribution in [0, 0.1) is 0 Å². The molecule has 0 atom stereocenters. The summed E-state index contributed by atoms with van der Waals surface area (Å²) in [4.78, 5) is 26.5. The minimum Gasteiger partial charge on any atom is -0.336 e. The average molecular weight is 341 g/mol. The lowest BCUT2D eigenvalue weighted by Crippen LogP contribution is -2.51. The summed E-state index contributed by atoms with van der Waals surface area (Å²) in [6.07, 6.45) is 6.53. The first kappa shape index (κ1) is 14.8. The Morgan fingerprint density at radius 3 is 2.46 bits per heavy atom. The normalized spacial score (nSPS) is 14.5. The maximum Gasteiger partial charge on any atom is 0.267 e. The van der Waals surface area contributed by atoms with E-state index in [4.69, 9.17) is 11.6 Å². The molecule has 8 heteroatoms. The van der Waals surface area contributed by atoms with Gasteiger partial charge in [0, 0.05) is 37.1 Å². The van der Waals surface area contributed by atoms with Crippen LogP contribution >= 0.6 is 11.6 Å². The smallest absolute Gasteiger partial charge is 0.267 e. The first-order chi connectivity index (χ1) is 11.7. The summed E-state index contributed by atoms with van der Waals surface area (Å²) < 4.78 is 1.53. The predicted octanol–water partition coefficient (Wildman–Crippen LogP) is 1.81. The molecule has 0 amide bonds. The summed E-state index contributed by atoms with van der Waals surface area (Å²) >= 11 is 5.80. The van der Waals surface area contributed by atoms with Crippen molar-refractivity contribution >= 4 is 17.5 Å². The van der Waals surface area contributed by atoms with Gasteiger partial charge in [-0.1, -0.05) is 11.6 Å². The fraction of sp³-hybridized carbons (Fsp3) is 0.188. The quantitative estimate of drug-likeness (QED) is 0.723. The van der Waals surface area contributed by atoms with Crippen molar-refractivity contribution in [3.8, 4) is 11.3 Å². The van der Waals surface area contributed by atoms with Gasteiger partial charge in [-0.3, -0.25) is 9.78 Å². The van der Waals surface area contributed by atoms with Gasteiger partial charge in [0.05, 0.1) is 29.2 Å². The maximum absolute atomic E-state index is 12.1. The molecule has 1 fully saturated rings. The van der Waals surface area contributed by atoms with Crippen molar-refractivity contribution in [1.82, 2.24) is 24.7 Å². The highest BCUT2D eigenvalue weighted by atomic mass is 35.5. The molecule has 0 unspecified atom stereocenters. The summed E-state index contributed by atoms with van der Waals surface area (Å²) in [5.41, 5.74) is 1.56. The van der Waals surface area contributed by atoms with Gasteiger partial charge in [-0.15, -0.1) is 0 Å². The Morgan fingerprint density at radius 1 is 1.04 bits per heavy atom. The zero-order valence-electron chi connectivity index (χ0n) is 12.6. The van der Waals surface area contributed by atoms with Gasteiger partial charge in [-0.05, 0) is 18.2 Å². The van der Waals surface area contributed by atoms with Crippen LogP contribution in [0.5, 0.6) is 0 Å². The van der Waals surface area contributed by atoms with Gasteiger partial charge in [-0.25, -0.2) is 14.6 Å². The van der Waals surface area contributed by atoms with E-state index in [0.717, 1.165) is 11.3 Å². The van der Waals surface area contributed by atoms with Crippen molar-refractivity contribution in [2.75, 3.05) is 18.0 Å². The number of anilines is 1. The van der Waals surface area contributed by atoms with E-state index >= 15 is 0 Å². The maximum atomic E-state index is 12.1. The van der Waals surface area contributed by atoms with Crippen molar-refractivity contribution in [1.29, 1.82) is 0 Å². The van der Waals surface area contributed by atoms with Gasteiger partial charge in [0.2, 0.25) is 5.95 Å². The first-order valence-corrected chi connectivity index (χ1v) is 7.81. The second-order valence-corrected chi connectivity index (χ2v) is 5.93. The largest absolute Gasteiger partial charge is 0.336 e. The van der Waals surface area contributed by atoms with E-state index in [9.17, 15) is 4.79 Å². The van der Waals surface area contributed by atoms with Crippen molar-refractivity contribution < 1.29 is 0 Å². The Morgan fingerprint density at radius 2 is 1.75 bits per heavy atom. The molecule has 1 aliphatic rings. The summed E-state index contributed by atoms with van der Waals surface area (Å²) in [5, 5.41) is 4.99. The van der Waals surface area contributed by atoms with Crippen LogP contribution < -0.4 is 10.5 Å². The van der Waals surface area contributed by atoms with Crippen LogP contribution in [0.2, 0.25) is 5.02 Å². The fourth-order valence-corrected chi connectivity index (χ4v) is 2.70. The third kappa shape index (κ3) is 2.74. The van der Waals surface area contributed by atoms with Crippen LogP contribution in [0.4, 0.5) is 5.95 Å². The Kier molecular flexibility index (Phi) is 3.70. The van der Waals surface area contributed by atoms with E-state index in [-0.39, 0.29) is 11.6 Å². The zero-order valence-corrected chi connectivity index (χ0v) is 13.3. The van der Waals surface area contributed by atoms with E-state index in [0.29, 0.717) is 24.1 Å². The van der Waals surface area contributed by atoms with Gasteiger partial charge in [0.25, 0.3) is 5.56 Å². The number of aromatic nitrogens is 5. The molecular weight excluding hydrogens is 328 g/mol. The number of rotatable bonds is 3. The van der Waals surface area contributed by atoms with Crippen molar-refractivity contribution in [3.63, 3.8) is 0 Å². The molecule has 7 nitrogen and oxygen atoms in total. The molecule has 0 radical (unpaired) electrons. The zero-order chi connectivity index (χ0) is 16.5. The molecule has 0 aliphatic carbocycles. The molecule has 4 heterocycles. The number of hydrogen-bond acceptors (Lipinski definition) is 6. The molecule has 0 aromatic carbocycles. The Bertz CT molecular complexity index is 906. The third-order valence-electron chi connectivity index (χ3n) is 3.90. The topological polar surface area (TPSA) is 76.8 Å². The minimum atomic E-state index is -0.116. The summed E-state index contributed by atoms with van der Waals surface area (Å²) in [6, 6.07) is 7.01.